The maximum Gasteiger partial charge on any atom is 0.408 e. The van der Waals surface area contributed by atoms with Crippen molar-refractivity contribution in [2.45, 2.75) is 38.8 Å². The first-order valence-electron chi connectivity index (χ1n) is 6.53. The summed E-state index contributed by atoms with van der Waals surface area (Å²) in [4.78, 5) is 23.4. The molecule has 0 aliphatic heterocycles. The molecule has 1 aromatic rings. The molecule has 6 heteroatoms. The molecular formula is C15H20ClNO4. The fraction of sp³-hybridized carbons (Fsp3) is 0.467. The molecule has 0 heterocycles. The van der Waals surface area contributed by atoms with Gasteiger partial charge in [0.2, 0.25) is 0 Å². The summed E-state index contributed by atoms with van der Waals surface area (Å²) in [5.41, 5.74) is 0.0904. The molecule has 116 valence electrons. The molecule has 0 aromatic heterocycles. The minimum absolute atomic E-state index is 0.00388. The zero-order valence-electron chi connectivity index (χ0n) is 12.6. The van der Waals surface area contributed by atoms with E-state index in [4.69, 9.17) is 16.3 Å². The standard InChI is InChI=1S/C15H20ClNO4/c1-15(2,3)21-14(19)17-12(9-13(18)20-4)10-6-5-7-11(16)8-10/h5-8,12H,9H2,1-4H3,(H,17,19). The van der Waals surface area contributed by atoms with Crippen LogP contribution < -0.4 is 5.32 Å². The van der Waals surface area contributed by atoms with Crippen molar-refractivity contribution in [1.29, 1.82) is 0 Å². The second-order valence-electron chi connectivity index (χ2n) is 5.53. The molecule has 0 spiro atoms. The molecule has 0 saturated carbocycles. The summed E-state index contributed by atoms with van der Waals surface area (Å²) in [7, 11) is 1.30. The maximum absolute atomic E-state index is 11.9. The van der Waals surface area contributed by atoms with E-state index >= 15 is 0 Å². The Balaban J connectivity index is 2.87. The van der Waals surface area contributed by atoms with Gasteiger partial charge in [0.1, 0.15) is 5.60 Å². The van der Waals surface area contributed by atoms with Crippen molar-refractivity contribution < 1.29 is 19.1 Å². The molecule has 0 bridgehead atoms. The van der Waals surface area contributed by atoms with E-state index < -0.39 is 23.7 Å². The van der Waals surface area contributed by atoms with Gasteiger partial charge in [-0.1, -0.05) is 23.7 Å². The molecule has 1 N–H and O–H groups in total. The quantitative estimate of drug-likeness (QED) is 0.864. The topological polar surface area (TPSA) is 64.6 Å². The molecule has 1 atom stereocenters. The van der Waals surface area contributed by atoms with Gasteiger partial charge in [-0.3, -0.25) is 4.79 Å². The third-order valence-electron chi connectivity index (χ3n) is 2.54. The molecule has 1 aromatic carbocycles. The van der Waals surface area contributed by atoms with Crippen molar-refractivity contribution in [3.63, 3.8) is 0 Å². The third-order valence-corrected chi connectivity index (χ3v) is 2.78. The molecule has 0 radical (unpaired) electrons. The van der Waals surface area contributed by atoms with Crippen LogP contribution in [0.25, 0.3) is 0 Å². The van der Waals surface area contributed by atoms with E-state index in [0.717, 1.165) is 0 Å². The number of hydrogen-bond acceptors (Lipinski definition) is 4. The highest BCUT2D eigenvalue weighted by atomic mass is 35.5. The molecule has 0 aliphatic carbocycles. The van der Waals surface area contributed by atoms with E-state index in [1.54, 1.807) is 45.0 Å². The van der Waals surface area contributed by atoms with E-state index in [0.29, 0.717) is 10.6 Å². The Kier molecular flexibility index (Phi) is 6.03. The summed E-state index contributed by atoms with van der Waals surface area (Å²) in [6.07, 6.45) is -0.604. The van der Waals surface area contributed by atoms with Crippen LogP contribution in [-0.4, -0.2) is 24.8 Å². The number of hydrogen-bond donors (Lipinski definition) is 1. The maximum atomic E-state index is 11.9. The summed E-state index contributed by atoms with van der Waals surface area (Å²) in [6.45, 7) is 5.30. The van der Waals surface area contributed by atoms with Crippen molar-refractivity contribution in [2.75, 3.05) is 7.11 Å². The zero-order chi connectivity index (χ0) is 16.0. The summed E-state index contributed by atoms with van der Waals surface area (Å²) < 4.78 is 9.85. The van der Waals surface area contributed by atoms with Gasteiger partial charge in [0.15, 0.2) is 0 Å². The third kappa shape index (κ3) is 6.49. The van der Waals surface area contributed by atoms with Gasteiger partial charge < -0.3 is 14.8 Å². The van der Waals surface area contributed by atoms with Crippen LogP contribution in [0.3, 0.4) is 0 Å². The Morgan fingerprint density at radius 3 is 2.52 bits per heavy atom. The first-order chi connectivity index (χ1) is 9.71. The largest absolute Gasteiger partial charge is 0.469 e. The molecule has 1 unspecified atom stereocenters. The number of carbonyl (C=O) groups excluding carboxylic acids is 2. The van der Waals surface area contributed by atoms with Crippen LogP contribution in [0.15, 0.2) is 24.3 Å². The summed E-state index contributed by atoms with van der Waals surface area (Å²) >= 11 is 5.94. The number of ether oxygens (including phenoxy) is 2. The Morgan fingerprint density at radius 1 is 1.33 bits per heavy atom. The van der Waals surface area contributed by atoms with Crippen molar-refractivity contribution in [3.05, 3.63) is 34.9 Å². The molecule has 5 nitrogen and oxygen atoms in total. The van der Waals surface area contributed by atoms with Crippen LogP contribution in [0.5, 0.6) is 0 Å². The molecule has 1 rings (SSSR count). The van der Waals surface area contributed by atoms with Gasteiger partial charge in [-0.25, -0.2) is 4.79 Å². The van der Waals surface area contributed by atoms with Gasteiger partial charge >= 0.3 is 12.1 Å². The molecule has 0 fully saturated rings. The van der Waals surface area contributed by atoms with E-state index in [-0.39, 0.29) is 6.42 Å². The van der Waals surface area contributed by atoms with Gasteiger partial charge in [0.25, 0.3) is 0 Å². The smallest absolute Gasteiger partial charge is 0.408 e. The second-order valence-corrected chi connectivity index (χ2v) is 5.97. The number of nitrogens with one attached hydrogen (secondary N) is 1. The van der Waals surface area contributed by atoms with Crippen LogP contribution in [0.1, 0.15) is 38.8 Å². The Hall–Kier alpha value is -1.75. The summed E-state index contributed by atoms with van der Waals surface area (Å²) in [5.74, 6) is -0.434. The van der Waals surface area contributed by atoms with E-state index in [9.17, 15) is 9.59 Å². The van der Waals surface area contributed by atoms with Crippen LogP contribution >= 0.6 is 11.6 Å². The van der Waals surface area contributed by atoms with E-state index in [2.05, 4.69) is 10.1 Å². The van der Waals surface area contributed by atoms with Gasteiger partial charge in [0, 0.05) is 5.02 Å². The Morgan fingerprint density at radius 2 is 2.00 bits per heavy atom. The number of rotatable bonds is 4. The molecule has 1 amide bonds. The monoisotopic (exact) mass is 313 g/mol. The number of esters is 1. The molecule has 21 heavy (non-hydrogen) atoms. The van der Waals surface area contributed by atoms with Gasteiger partial charge in [-0.05, 0) is 38.5 Å². The molecule has 0 saturated heterocycles. The molecule has 0 aliphatic rings. The highest BCUT2D eigenvalue weighted by Crippen LogP contribution is 2.21. The first-order valence-corrected chi connectivity index (χ1v) is 6.91. The van der Waals surface area contributed by atoms with Gasteiger partial charge in [-0.15, -0.1) is 0 Å². The van der Waals surface area contributed by atoms with Crippen LogP contribution in [0.4, 0.5) is 4.79 Å². The van der Waals surface area contributed by atoms with Crippen molar-refractivity contribution in [2.24, 2.45) is 0 Å². The summed E-state index contributed by atoms with van der Waals surface area (Å²) in [6, 6.07) is 6.36. The lowest BCUT2D eigenvalue weighted by molar-refractivity contribution is -0.141. The van der Waals surface area contributed by atoms with Crippen molar-refractivity contribution in [3.8, 4) is 0 Å². The lowest BCUT2D eigenvalue weighted by Crippen LogP contribution is -2.36. The van der Waals surface area contributed by atoms with Gasteiger partial charge in [-0.2, -0.15) is 0 Å². The number of benzene rings is 1. The number of amides is 1. The van der Waals surface area contributed by atoms with E-state index in [1.165, 1.54) is 7.11 Å². The molecular weight excluding hydrogens is 294 g/mol. The SMILES string of the molecule is COC(=O)CC(NC(=O)OC(C)(C)C)c1cccc(Cl)c1. The lowest BCUT2D eigenvalue weighted by atomic mass is 10.0. The Labute approximate surface area is 129 Å². The first kappa shape index (κ1) is 17.3. The number of methoxy groups -OCH3 is 1. The number of alkyl carbamates (subject to hydrolysis) is 1. The normalized spacial score (nSPS) is 12.4. The summed E-state index contributed by atoms with van der Waals surface area (Å²) in [5, 5.41) is 3.18. The second kappa shape index (κ2) is 7.31. The van der Waals surface area contributed by atoms with Crippen molar-refractivity contribution >= 4 is 23.7 Å². The average molecular weight is 314 g/mol. The number of carbonyl (C=O) groups is 2. The fourth-order valence-corrected chi connectivity index (χ4v) is 1.87. The predicted octanol–water partition coefficient (Wildman–Crippen LogP) is 3.47. The van der Waals surface area contributed by atoms with Crippen molar-refractivity contribution in [1.82, 2.24) is 5.32 Å². The van der Waals surface area contributed by atoms with Crippen LogP contribution in [-0.2, 0) is 14.3 Å². The zero-order valence-corrected chi connectivity index (χ0v) is 13.4. The van der Waals surface area contributed by atoms with Crippen LogP contribution in [0.2, 0.25) is 5.02 Å². The van der Waals surface area contributed by atoms with E-state index in [1.807, 2.05) is 0 Å². The Bertz CT molecular complexity index is 511. The minimum Gasteiger partial charge on any atom is -0.469 e. The minimum atomic E-state index is -0.617. The number of halogens is 1. The van der Waals surface area contributed by atoms with Gasteiger partial charge in [0.05, 0.1) is 19.6 Å². The highest BCUT2D eigenvalue weighted by molar-refractivity contribution is 6.30. The highest BCUT2D eigenvalue weighted by Gasteiger charge is 2.23. The average Bonchev–Trinajstić information content (AvgIpc) is 2.35. The predicted molar refractivity (Wildman–Crippen MR) is 80.2 cm³/mol. The van der Waals surface area contributed by atoms with Crippen LogP contribution in [0, 0.1) is 0 Å². The fourth-order valence-electron chi connectivity index (χ4n) is 1.68. The lowest BCUT2D eigenvalue weighted by Gasteiger charge is -2.23.